The van der Waals surface area contributed by atoms with Gasteiger partial charge in [0.1, 0.15) is 5.82 Å². The number of piperidine rings is 1. The lowest BCUT2D eigenvalue weighted by molar-refractivity contribution is 0.205. The molecule has 1 aromatic carbocycles. The summed E-state index contributed by atoms with van der Waals surface area (Å²) in [5.74, 6) is 0.134. The van der Waals surface area contributed by atoms with E-state index in [-0.39, 0.29) is 5.82 Å². The molecule has 0 spiro atoms. The van der Waals surface area contributed by atoms with Crippen LogP contribution in [0.15, 0.2) is 41.4 Å². The molecule has 3 heterocycles. The van der Waals surface area contributed by atoms with Gasteiger partial charge < -0.3 is 14.0 Å². The highest BCUT2D eigenvalue weighted by Gasteiger charge is 2.24. The first kappa shape index (κ1) is 16.3. The van der Waals surface area contributed by atoms with Gasteiger partial charge in [0.2, 0.25) is 0 Å². The Morgan fingerprint density at radius 2 is 2.00 bits per heavy atom. The van der Waals surface area contributed by atoms with Crippen molar-refractivity contribution in [1.29, 1.82) is 0 Å². The summed E-state index contributed by atoms with van der Waals surface area (Å²) in [6.07, 6.45) is 10.3. The molecule has 5 nitrogen and oxygen atoms in total. The summed E-state index contributed by atoms with van der Waals surface area (Å²) >= 11 is 0. The minimum atomic E-state index is -0.277. The number of unbranched alkanes of at least 4 members (excludes halogenated alkanes) is 1. The van der Waals surface area contributed by atoms with Gasteiger partial charge in [0.25, 0.3) is 0 Å². The summed E-state index contributed by atoms with van der Waals surface area (Å²) in [5.41, 5.74) is 1.55. The van der Waals surface area contributed by atoms with Gasteiger partial charge in [-0.2, -0.15) is 0 Å². The van der Waals surface area contributed by atoms with E-state index >= 15 is 0 Å². The zero-order valence-electron chi connectivity index (χ0n) is 14.3. The first-order chi connectivity index (χ1) is 12.3. The van der Waals surface area contributed by atoms with Gasteiger partial charge in [-0.1, -0.05) is 5.16 Å². The van der Waals surface area contributed by atoms with E-state index in [1.165, 1.54) is 25.0 Å². The highest BCUT2D eigenvalue weighted by molar-refractivity contribution is 5.79. The van der Waals surface area contributed by atoms with Crippen LogP contribution in [0.25, 0.3) is 11.0 Å². The standard InChI is InChI=1S/C19H23FN4O/c20-16-3-4-17-18(13-16)25-22-19(17)15-5-10-23(11-6-15)8-1-2-9-24-12-7-21-14-24/h3-4,7,12-15H,1-2,5-6,8-11H2. The van der Waals surface area contributed by atoms with E-state index < -0.39 is 0 Å². The first-order valence-corrected chi connectivity index (χ1v) is 9.02. The summed E-state index contributed by atoms with van der Waals surface area (Å²) in [6.45, 7) is 4.36. The monoisotopic (exact) mass is 342 g/mol. The predicted molar refractivity (Wildman–Crippen MR) is 93.8 cm³/mol. The Morgan fingerprint density at radius 1 is 1.16 bits per heavy atom. The van der Waals surface area contributed by atoms with E-state index in [0.717, 1.165) is 50.1 Å². The van der Waals surface area contributed by atoms with Crippen molar-refractivity contribution in [3.8, 4) is 0 Å². The molecule has 0 unspecified atom stereocenters. The minimum Gasteiger partial charge on any atom is -0.356 e. The largest absolute Gasteiger partial charge is 0.356 e. The molecule has 0 radical (unpaired) electrons. The van der Waals surface area contributed by atoms with Crippen molar-refractivity contribution in [1.82, 2.24) is 19.6 Å². The molecule has 6 heteroatoms. The average molecular weight is 342 g/mol. The van der Waals surface area contributed by atoms with Crippen LogP contribution < -0.4 is 0 Å². The van der Waals surface area contributed by atoms with Crippen LogP contribution >= 0.6 is 0 Å². The van der Waals surface area contributed by atoms with Crippen molar-refractivity contribution >= 4 is 11.0 Å². The smallest absolute Gasteiger partial charge is 0.170 e. The number of aryl methyl sites for hydroxylation is 1. The summed E-state index contributed by atoms with van der Waals surface area (Å²) in [5, 5.41) is 5.18. The number of aromatic nitrogens is 3. The van der Waals surface area contributed by atoms with E-state index in [9.17, 15) is 4.39 Å². The molecule has 2 aromatic heterocycles. The van der Waals surface area contributed by atoms with Crippen molar-refractivity contribution < 1.29 is 8.91 Å². The maximum absolute atomic E-state index is 13.3. The molecule has 0 N–H and O–H groups in total. The summed E-state index contributed by atoms with van der Waals surface area (Å²) < 4.78 is 20.7. The maximum Gasteiger partial charge on any atom is 0.170 e. The lowest BCUT2D eigenvalue weighted by Crippen LogP contribution is -2.33. The van der Waals surface area contributed by atoms with E-state index in [0.29, 0.717) is 11.5 Å². The number of likely N-dealkylation sites (tertiary alicyclic amines) is 1. The van der Waals surface area contributed by atoms with Crippen LogP contribution in [-0.2, 0) is 6.54 Å². The number of fused-ring (bicyclic) bond motifs is 1. The van der Waals surface area contributed by atoms with Gasteiger partial charge in [-0.25, -0.2) is 9.37 Å². The molecule has 0 aliphatic carbocycles. The van der Waals surface area contributed by atoms with Crippen molar-refractivity contribution in [2.45, 2.75) is 38.1 Å². The van der Waals surface area contributed by atoms with Gasteiger partial charge in [0.15, 0.2) is 5.58 Å². The second kappa shape index (κ2) is 7.35. The van der Waals surface area contributed by atoms with E-state index in [2.05, 4.69) is 19.6 Å². The Kier molecular flexibility index (Phi) is 4.78. The fourth-order valence-electron chi connectivity index (χ4n) is 3.70. The molecule has 1 fully saturated rings. The van der Waals surface area contributed by atoms with Crippen LogP contribution in [-0.4, -0.2) is 39.2 Å². The molecule has 0 bridgehead atoms. The van der Waals surface area contributed by atoms with Crippen molar-refractivity contribution in [3.63, 3.8) is 0 Å². The van der Waals surface area contributed by atoms with Crippen molar-refractivity contribution in [2.75, 3.05) is 19.6 Å². The molecule has 0 amide bonds. The minimum absolute atomic E-state index is 0.277. The zero-order chi connectivity index (χ0) is 17.1. The Hall–Kier alpha value is -2.21. The molecular formula is C19H23FN4O. The Balaban J connectivity index is 1.26. The van der Waals surface area contributed by atoms with Crippen molar-refractivity contribution in [2.24, 2.45) is 0 Å². The van der Waals surface area contributed by atoms with E-state index in [1.807, 2.05) is 18.7 Å². The summed E-state index contributed by atoms with van der Waals surface area (Å²) in [4.78, 5) is 6.60. The van der Waals surface area contributed by atoms with Gasteiger partial charge in [-0.05, 0) is 57.5 Å². The number of benzene rings is 1. The number of halogens is 1. The summed E-state index contributed by atoms with van der Waals surface area (Å²) in [7, 11) is 0. The van der Waals surface area contributed by atoms with Crippen LogP contribution in [0.4, 0.5) is 4.39 Å². The SMILES string of the molecule is Fc1ccc2c(C3CCN(CCCCn4ccnc4)CC3)noc2c1. The Labute approximate surface area is 146 Å². The summed E-state index contributed by atoms with van der Waals surface area (Å²) in [6, 6.07) is 4.69. The van der Waals surface area contributed by atoms with Gasteiger partial charge in [0, 0.05) is 36.3 Å². The van der Waals surface area contributed by atoms with E-state index in [1.54, 1.807) is 6.07 Å². The maximum atomic E-state index is 13.3. The fourth-order valence-corrected chi connectivity index (χ4v) is 3.70. The zero-order valence-corrected chi connectivity index (χ0v) is 14.3. The second-order valence-electron chi connectivity index (χ2n) is 6.83. The third-order valence-electron chi connectivity index (χ3n) is 5.14. The van der Waals surface area contributed by atoms with Crippen LogP contribution in [0.2, 0.25) is 0 Å². The van der Waals surface area contributed by atoms with Gasteiger partial charge >= 0.3 is 0 Å². The van der Waals surface area contributed by atoms with Gasteiger partial charge in [-0.15, -0.1) is 0 Å². The number of imidazole rings is 1. The molecule has 4 rings (SSSR count). The van der Waals surface area contributed by atoms with Crippen molar-refractivity contribution in [3.05, 3.63) is 48.4 Å². The number of hydrogen-bond acceptors (Lipinski definition) is 4. The Bertz CT molecular complexity index is 806. The van der Waals surface area contributed by atoms with Gasteiger partial charge in [-0.3, -0.25) is 0 Å². The second-order valence-corrected chi connectivity index (χ2v) is 6.83. The van der Waals surface area contributed by atoms with E-state index in [4.69, 9.17) is 4.52 Å². The molecule has 3 aromatic rings. The predicted octanol–water partition coefficient (Wildman–Crippen LogP) is 3.82. The lowest BCUT2D eigenvalue weighted by atomic mass is 9.91. The third-order valence-corrected chi connectivity index (χ3v) is 5.14. The molecule has 132 valence electrons. The Morgan fingerprint density at radius 3 is 2.80 bits per heavy atom. The molecule has 1 saturated heterocycles. The molecule has 0 saturated carbocycles. The van der Waals surface area contributed by atoms with Crippen LogP contribution in [0, 0.1) is 5.82 Å². The molecule has 25 heavy (non-hydrogen) atoms. The highest BCUT2D eigenvalue weighted by Crippen LogP contribution is 2.32. The third kappa shape index (κ3) is 3.74. The van der Waals surface area contributed by atoms with Crippen LogP contribution in [0.5, 0.6) is 0 Å². The highest BCUT2D eigenvalue weighted by atomic mass is 19.1. The molecular weight excluding hydrogens is 319 g/mol. The molecule has 1 aliphatic heterocycles. The topological polar surface area (TPSA) is 47.1 Å². The number of nitrogens with zero attached hydrogens (tertiary/aromatic N) is 4. The molecule has 0 atom stereocenters. The lowest BCUT2D eigenvalue weighted by Gasteiger charge is -2.31. The first-order valence-electron chi connectivity index (χ1n) is 9.02. The number of rotatable bonds is 6. The number of hydrogen-bond donors (Lipinski definition) is 0. The average Bonchev–Trinajstić information content (AvgIpc) is 3.28. The van der Waals surface area contributed by atoms with Gasteiger partial charge in [0.05, 0.1) is 12.0 Å². The normalized spacial score (nSPS) is 16.7. The quantitative estimate of drug-likeness (QED) is 0.639. The molecule has 1 aliphatic rings. The van der Waals surface area contributed by atoms with Crippen LogP contribution in [0.3, 0.4) is 0 Å². The van der Waals surface area contributed by atoms with Crippen LogP contribution in [0.1, 0.15) is 37.3 Å². The fraction of sp³-hybridized carbons (Fsp3) is 0.474.